The maximum absolute atomic E-state index is 13.2. The lowest BCUT2D eigenvalue weighted by Gasteiger charge is -2.20. The van der Waals surface area contributed by atoms with Gasteiger partial charge in [0.2, 0.25) is 5.91 Å². The van der Waals surface area contributed by atoms with Crippen molar-refractivity contribution in [1.29, 1.82) is 0 Å². The van der Waals surface area contributed by atoms with Crippen LogP contribution in [-0.2, 0) is 11.3 Å². The summed E-state index contributed by atoms with van der Waals surface area (Å²) in [4.78, 5) is 31.7. The van der Waals surface area contributed by atoms with Crippen LogP contribution in [0.5, 0.6) is 0 Å². The molecule has 0 spiro atoms. The normalized spacial score (nSPS) is 10.9. The molecule has 2 amide bonds. The summed E-state index contributed by atoms with van der Waals surface area (Å²) >= 11 is 1.54. The Kier molecular flexibility index (Phi) is 6.66. The fourth-order valence-corrected chi connectivity index (χ4v) is 4.61. The lowest BCUT2D eigenvalue weighted by atomic mass is 10.1. The summed E-state index contributed by atoms with van der Waals surface area (Å²) in [5.74, 6) is -0.0303. The van der Waals surface area contributed by atoms with E-state index in [1.807, 2.05) is 30.3 Å². The number of carbonyl (C=O) groups is 2. The number of aryl methyl sites for hydroxylation is 2. The molecular weight excluding hydrogens is 422 g/mol. The Morgan fingerprint density at radius 3 is 2.66 bits per heavy atom. The number of amides is 2. The highest BCUT2D eigenvalue weighted by Crippen LogP contribution is 2.33. The zero-order chi connectivity index (χ0) is 22.5. The van der Waals surface area contributed by atoms with Crippen molar-refractivity contribution in [3.8, 4) is 0 Å². The first-order valence-corrected chi connectivity index (χ1v) is 11.4. The Bertz CT molecular complexity index is 1220. The first-order chi connectivity index (χ1) is 15.5. The molecule has 0 bridgehead atoms. The van der Waals surface area contributed by atoms with Crippen molar-refractivity contribution in [2.24, 2.45) is 0 Å². The van der Waals surface area contributed by atoms with Crippen LogP contribution in [0, 0.1) is 13.8 Å². The van der Waals surface area contributed by atoms with Crippen LogP contribution in [0.15, 0.2) is 65.3 Å². The Labute approximate surface area is 190 Å². The quantitative estimate of drug-likeness (QED) is 0.374. The summed E-state index contributed by atoms with van der Waals surface area (Å²) in [5.41, 5.74) is 4.27. The monoisotopic (exact) mass is 447 g/mol. The van der Waals surface area contributed by atoms with Crippen molar-refractivity contribution >= 4 is 38.5 Å². The Morgan fingerprint density at radius 1 is 1.09 bits per heavy atom. The molecule has 0 unspecified atom stereocenters. The van der Waals surface area contributed by atoms with Gasteiger partial charge in [-0.2, -0.15) is 0 Å². The predicted octanol–water partition coefficient (Wildman–Crippen LogP) is 5.25. The van der Waals surface area contributed by atoms with Crippen molar-refractivity contribution in [3.63, 3.8) is 0 Å². The smallest absolute Gasteiger partial charge is 0.286 e. The van der Waals surface area contributed by atoms with E-state index >= 15 is 0 Å². The van der Waals surface area contributed by atoms with E-state index < -0.39 is 0 Å². The molecule has 0 radical (unpaired) electrons. The van der Waals surface area contributed by atoms with E-state index in [9.17, 15) is 9.59 Å². The summed E-state index contributed by atoms with van der Waals surface area (Å²) in [6.45, 7) is 4.97. The van der Waals surface area contributed by atoms with E-state index in [4.69, 9.17) is 9.40 Å². The largest absolute Gasteiger partial charge is 0.459 e. The molecule has 4 rings (SSSR count). The summed E-state index contributed by atoms with van der Waals surface area (Å²) in [6.07, 6.45) is 2.29. The Morgan fingerprint density at radius 2 is 1.91 bits per heavy atom. The molecule has 7 heteroatoms. The van der Waals surface area contributed by atoms with Crippen molar-refractivity contribution in [3.05, 3.63) is 83.3 Å². The number of aromatic nitrogens is 1. The van der Waals surface area contributed by atoms with Crippen LogP contribution in [0.2, 0.25) is 0 Å². The molecule has 0 aliphatic carbocycles. The van der Waals surface area contributed by atoms with Gasteiger partial charge in [0.1, 0.15) is 0 Å². The van der Waals surface area contributed by atoms with Gasteiger partial charge in [-0.05, 0) is 55.2 Å². The van der Waals surface area contributed by atoms with E-state index in [1.54, 1.807) is 28.4 Å². The van der Waals surface area contributed by atoms with E-state index in [0.717, 1.165) is 26.9 Å². The van der Waals surface area contributed by atoms with Crippen molar-refractivity contribution in [2.45, 2.75) is 33.2 Å². The number of fused-ring (bicyclic) bond motifs is 1. The standard InChI is InChI=1S/C25H25N3O3S/c1-17-14-18(2)23-20(15-17)27-25(32-23)28(16-19-8-4-3-5-9-19)22(29)11-6-12-26-24(30)21-10-7-13-31-21/h3-5,7-10,13-15H,6,11-12,16H2,1-2H3,(H,26,30). The minimum atomic E-state index is -0.277. The highest BCUT2D eigenvalue weighted by atomic mass is 32.1. The van der Waals surface area contributed by atoms with Gasteiger partial charge in [0, 0.05) is 13.0 Å². The summed E-state index contributed by atoms with van der Waals surface area (Å²) in [6, 6.07) is 17.4. The molecule has 0 saturated carbocycles. The second-order valence-electron chi connectivity index (χ2n) is 7.73. The number of benzene rings is 2. The van der Waals surface area contributed by atoms with E-state index in [-0.39, 0.29) is 17.6 Å². The molecule has 0 atom stereocenters. The van der Waals surface area contributed by atoms with E-state index in [2.05, 4.69) is 31.3 Å². The molecule has 0 aliphatic heterocycles. The van der Waals surface area contributed by atoms with Crippen molar-refractivity contribution in [1.82, 2.24) is 10.3 Å². The number of thiazole rings is 1. The number of anilines is 1. The molecule has 0 fully saturated rings. The number of rotatable bonds is 8. The summed E-state index contributed by atoms with van der Waals surface area (Å²) < 4.78 is 6.19. The predicted molar refractivity (Wildman–Crippen MR) is 127 cm³/mol. The summed E-state index contributed by atoms with van der Waals surface area (Å²) in [7, 11) is 0. The average molecular weight is 448 g/mol. The van der Waals surface area contributed by atoms with Crippen LogP contribution in [0.1, 0.15) is 40.1 Å². The molecule has 0 saturated heterocycles. The van der Waals surface area contributed by atoms with Crippen LogP contribution in [-0.4, -0.2) is 23.3 Å². The number of furan rings is 1. The molecule has 164 valence electrons. The van der Waals surface area contributed by atoms with Gasteiger partial charge >= 0.3 is 0 Å². The van der Waals surface area contributed by atoms with Crippen LogP contribution < -0.4 is 10.2 Å². The van der Waals surface area contributed by atoms with Crippen molar-refractivity contribution in [2.75, 3.05) is 11.4 Å². The number of hydrogen-bond acceptors (Lipinski definition) is 5. The zero-order valence-electron chi connectivity index (χ0n) is 18.1. The van der Waals surface area contributed by atoms with Gasteiger partial charge in [0.15, 0.2) is 10.9 Å². The number of carbonyl (C=O) groups excluding carboxylic acids is 2. The van der Waals surface area contributed by atoms with Gasteiger partial charge < -0.3 is 9.73 Å². The third-order valence-corrected chi connectivity index (χ3v) is 6.35. The van der Waals surface area contributed by atoms with Crippen LogP contribution in [0.25, 0.3) is 10.2 Å². The average Bonchev–Trinajstić information content (AvgIpc) is 3.46. The molecule has 2 aromatic heterocycles. The minimum Gasteiger partial charge on any atom is -0.459 e. The fourth-order valence-electron chi connectivity index (χ4n) is 3.58. The van der Waals surface area contributed by atoms with Crippen molar-refractivity contribution < 1.29 is 14.0 Å². The number of nitrogens with one attached hydrogen (secondary N) is 1. The second kappa shape index (κ2) is 9.78. The third kappa shape index (κ3) is 5.06. The third-order valence-electron chi connectivity index (χ3n) is 5.12. The highest BCUT2D eigenvalue weighted by molar-refractivity contribution is 7.22. The van der Waals surface area contributed by atoms with Gasteiger partial charge in [-0.1, -0.05) is 47.7 Å². The van der Waals surface area contributed by atoms with Crippen LogP contribution in [0.4, 0.5) is 5.13 Å². The maximum Gasteiger partial charge on any atom is 0.286 e. The van der Waals surface area contributed by atoms with Gasteiger partial charge in [0.25, 0.3) is 5.91 Å². The lowest BCUT2D eigenvalue weighted by molar-refractivity contribution is -0.118. The van der Waals surface area contributed by atoms with Gasteiger partial charge in [-0.25, -0.2) is 4.98 Å². The van der Waals surface area contributed by atoms with Crippen LogP contribution in [0.3, 0.4) is 0 Å². The van der Waals surface area contributed by atoms with Gasteiger partial charge in [-0.15, -0.1) is 0 Å². The second-order valence-corrected chi connectivity index (χ2v) is 8.71. The lowest BCUT2D eigenvalue weighted by Crippen LogP contribution is -2.31. The van der Waals surface area contributed by atoms with E-state index in [1.165, 1.54) is 6.26 Å². The van der Waals surface area contributed by atoms with Gasteiger partial charge in [0.05, 0.1) is 23.0 Å². The Hall–Kier alpha value is -3.45. The highest BCUT2D eigenvalue weighted by Gasteiger charge is 2.21. The molecule has 32 heavy (non-hydrogen) atoms. The maximum atomic E-state index is 13.2. The molecule has 2 aromatic carbocycles. The molecule has 0 aliphatic rings. The fraction of sp³-hybridized carbons (Fsp3) is 0.240. The number of nitrogens with zero attached hydrogens (tertiary/aromatic N) is 2. The Balaban J connectivity index is 1.48. The van der Waals surface area contributed by atoms with Gasteiger partial charge in [-0.3, -0.25) is 14.5 Å². The molecule has 4 aromatic rings. The minimum absolute atomic E-state index is 0.0190. The SMILES string of the molecule is Cc1cc(C)c2sc(N(Cc3ccccc3)C(=O)CCCNC(=O)c3ccco3)nc2c1. The first-order valence-electron chi connectivity index (χ1n) is 10.5. The van der Waals surface area contributed by atoms with Crippen LogP contribution >= 0.6 is 11.3 Å². The number of hydrogen-bond donors (Lipinski definition) is 1. The zero-order valence-corrected chi connectivity index (χ0v) is 18.9. The topological polar surface area (TPSA) is 75.4 Å². The molecular formula is C25H25N3O3S. The molecule has 1 N–H and O–H groups in total. The summed E-state index contributed by atoms with van der Waals surface area (Å²) in [5, 5.41) is 3.48. The molecule has 6 nitrogen and oxygen atoms in total. The van der Waals surface area contributed by atoms with E-state index in [0.29, 0.717) is 31.1 Å². The molecule has 2 heterocycles. The first kappa shape index (κ1) is 21.8.